The summed E-state index contributed by atoms with van der Waals surface area (Å²) in [7, 11) is 3.99. The third-order valence-electron chi connectivity index (χ3n) is 7.79. The van der Waals surface area contributed by atoms with E-state index in [1.807, 2.05) is 85.7 Å². The van der Waals surface area contributed by atoms with Crippen molar-refractivity contribution in [1.29, 1.82) is 0 Å². The molecule has 2 aliphatic heterocycles. The standard InChI is InChI=1S/C35H28N2O3/c1-37(2)26-18-19-29-32(22-26)39-31-20-17-25(21-30(31)35(29)28-16-10-9-15-27(28)34(38)40-35)36-33(23-11-5-3-6-12-23)24-13-7-4-8-14-24/h3-22,33,36H,1-2H3. The van der Waals surface area contributed by atoms with Gasteiger partial charge in [0.05, 0.1) is 11.6 Å². The number of carbonyl (C=O) groups is 1. The van der Waals surface area contributed by atoms with Crippen molar-refractivity contribution in [3.8, 4) is 11.5 Å². The number of hydrogen-bond donors (Lipinski definition) is 1. The van der Waals surface area contributed by atoms with Crippen LogP contribution in [0.15, 0.2) is 121 Å². The van der Waals surface area contributed by atoms with E-state index >= 15 is 0 Å². The molecule has 0 aromatic heterocycles. The Balaban J connectivity index is 1.40. The second-order valence-electron chi connectivity index (χ2n) is 10.4. The van der Waals surface area contributed by atoms with E-state index < -0.39 is 5.60 Å². The van der Waals surface area contributed by atoms with Crippen LogP contribution < -0.4 is 15.0 Å². The highest BCUT2D eigenvalue weighted by Gasteiger charge is 2.53. The van der Waals surface area contributed by atoms with Gasteiger partial charge in [0, 0.05) is 48.2 Å². The van der Waals surface area contributed by atoms with Gasteiger partial charge in [0.25, 0.3) is 0 Å². The Morgan fingerprint density at radius 3 is 2.05 bits per heavy atom. The van der Waals surface area contributed by atoms with E-state index in [9.17, 15) is 4.79 Å². The summed E-state index contributed by atoms with van der Waals surface area (Å²) in [5.74, 6) is 1.00. The minimum atomic E-state index is -1.12. The molecule has 5 nitrogen and oxygen atoms in total. The molecular weight excluding hydrogens is 496 g/mol. The molecule has 1 atom stereocenters. The molecule has 0 saturated carbocycles. The molecule has 0 aliphatic carbocycles. The number of fused-ring (bicyclic) bond motifs is 6. The highest BCUT2D eigenvalue weighted by Crippen LogP contribution is 2.57. The van der Waals surface area contributed by atoms with Crippen LogP contribution in [0.3, 0.4) is 0 Å². The zero-order chi connectivity index (χ0) is 27.3. The van der Waals surface area contributed by atoms with Gasteiger partial charge in [-0.3, -0.25) is 0 Å². The van der Waals surface area contributed by atoms with Gasteiger partial charge >= 0.3 is 5.97 Å². The second-order valence-corrected chi connectivity index (χ2v) is 10.4. The zero-order valence-corrected chi connectivity index (χ0v) is 22.3. The lowest BCUT2D eigenvalue weighted by molar-refractivity contribution is 0.0224. The molecule has 2 aliphatic rings. The lowest BCUT2D eigenvalue weighted by Gasteiger charge is -2.37. The van der Waals surface area contributed by atoms with Crippen molar-refractivity contribution in [2.24, 2.45) is 0 Å². The zero-order valence-electron chi connectivity index (χ0n) is 22.3. The van der Waals surface area contributed by atoms with Crippen LogP contribution in [0.4, 0.5) is 11.4 Å². The number of anilines is 2. The minimum Gasteiger partial charge on any atom is -0.456 e. The van der Waals surface area contributed by atoms with Gasteiger partial charge in [-0.15, -0.1) is 0 Å². The van der Waals surface area contributed by atoms with Gasteiger partial charge in [0.15, 0.2) is 5.60 Å². The lowest BCUT2D eigenvalue weighted by Crippen LogP contribution is -2.33. The van der Waals surface area contributed by atoms with Crippen LogP contribution in [0, 0.1) is 0 Å². The Bertz CT molecular complexity index is 1690. The summed E-state index contributed by atoms with van der Waals surface area (Å²) in [5, 5.41) is 3.75. The van der Waals surface area contributed by atoms with Gasteiger partial charge < -0.3 is 19.7 Å². The number of nitrogens with zero attached hydrogens (tertiary/aromatic N) is 1. The first-order chi connectivity index (χ1) is 19.5. The van der Waals surface area contributed by atoms with Crippen molar-refractivity contribution in [3.05, 3.63) is 155 Å². The average Bonchev–Trinajstić information content (AvgIpc) is 3.29. The van der Waals surface area contributed by atoms with Crippen LogP contribution >= 0.6 is 0 Å². The monoisotopic (exact) mass is 524 g/mol. The van der Waals surface area contributed by atoms with E-state index in [4.69, 9.17) is 9.47 Å². The molecule has 5 aromatic carbocycles. The summed E-state index contributed by atoms with van der Waals surface area (Å²) in [4.78, 5) is 15.3. The topological polar surface area (TPSA) is 50.8 Å². The van der Waals surface area contributed by atoms with Crippen LogP contribution in [0.25, 0.3) is 0 Å². The first kappa shape index (κ1) is 24.0. The third kappa shape index (κ3) is 3.74. The molecule has 196 valence electrons. The first-order valence-corrected chi connectivity index (χ1v) is 13.4. The Morgan fingerprint density at radius 2 is 1.35 bits per heavy atom. The molecule has 2 heterocycles. The Kier molecular flexibility index (Phi) is 5.60. The van der Waals surface area contributed by atoms with Gasteiger partial charge in [-0.05, 0) is 47.5 Å². The van der Waals surface area contributed by atoms with Crippen molar-refractivity contribution < 1.29 is 14.3 Å². The quantitative estimate of drug-likeness (QED) is 0.241. The van der Waals surface area contributed by atoms with Gasteiger partial charge in [-0.1, -0.05) is 78.9 Å². The summed E-state index contributed by atoms with van der Waals surface area (Å²) >= 11 is 0. The number of esters is 1. The summed E-state index contributed by atoms with van der Waals surface area (Å²) < 4.78 is 12.9. The van der Waals surface area contributed by atoms with Crippen molar-refractivity contribution >= 4 is 17.3 Å². The van der Waals surface area contributed by atoms with E-state index in [1.54, 1.807) is 0 Å². The maximum atomic E-state index is 13.3. The molecule has 7 rings (SSSR count). The smallest absolute Gasteiger partial charge is 0.340 e. The molecule has 1 spiro atoms. The average molecular weight is 525 g/mol. The van der Waals surface area contributed by atoms with Crippen molar-refractivity contribution in [2.75, 3.05) is 24.3 Å². The number of ether oxygens (including phenoxy) is 2. The van der Waals surface area contributed by atoms with E-state index in [0.29, 0.717) is 17.1 Å². The molecule has 1 unspecified atom stereocenters. The van der Waals surface area contributed by atoms with Gasteiger partial charge in [-0.2, -0.15) is 0 Å². The minimum absolute atomic E-state index is 0.0748. The van der Waals surface area contributed by atoms with Gasteiger partial charge in [0.2, 0.25) is 0 Å². The predicted octanol–water partition coefficient (Wildman–Crippen LogP) is 7.52. The summed E-state index contributed by atoms with van der Waals surface area (Å²) in [5.41, 5.74) is 6.08. The fraction of sp³-hybridized carbons (Fsp3) is 0.114. The molecule has 0 fully saturated rings. The number of benzene rings is 5. The fourth-order valence-corrected chi connectivity index (χ4v) is 5.85. The maximum Gasteiger partial charge on any atom is 0.340 e. The number of rotatable bonds is 5. The molecule has 1 N–H and O–H groups in total. The fourth-order valence-electron chi connectivity index (χ4n) is 5.85. The molecule has 5 heteroatoms. The van der Waals surface area contributed by atoms with Crippen molar-refractivity contribution in [2.45, 2.75) is 11.6 Å². The Morgan fingerprint density at radius 1 is 0.675 bits per heavy atom. The molecule has 40 heavy (non-hydrogen) atoms. The Labute approximate surface area is 233 Å². The molecule has 0 bridgehead atoms. The summed E-state index contributed by atoms with van der Waals surface area (Å²) in [6, 6.07) is 40.4. The molecule has 0 radical (unpaired) electrons. The van der Waals surface area contributed by atoms with Crippen LogP contribution in [0.5, 0.6) is 11.5 Å². The largest absolute Gasteiger partial charge is 0.456 e. The van der Waals surface area contributed by atoms with E-state index in [-0.39, 0.29) is 12.0 Å². The van der Waals surface area contributed by atoms with Crippen LogP contribution in [0.2, 0.25) is 0 Å². The number of carbonyl (C=O) groups excluding carboxylic acids is 1. The van der Waals surface area contributed by atoms with Gasteiger partial charge in [0.1, 0.15) is 11.5 Å². The molecule has 0 amide bonds. The number of hydrogen-bond acceptors (Lipinski definition) is 5. The van der Waals surface area contributed by atoms with Crippen molar-refractivity contribution in [3.63, 3.8) is 0 Å². The number of nitrogens with one attached hydrogen (secondary N) is 1. The van der Waals surface area contributed by atoms with Crippen LogP contribution in [-0.4, -0.2) is 20.1 Å². The Hall–Kier alpha value is -5.03. The second kappa shape index (κ2) is 9.31. The van der Waals surface area contributed by atoms with E-state index in [1.165, 1.54) is 0 Å². The molecular formula is C35H28N2O3. The van der Waals surface area contributed by atoms with Gasteiger partial charge in [-0.25, -0.2) is 4.79 Å². The van der Waals surface area contributed by atoms with Crippen molar-refractivity contribution in [1.82, 2.24) is 0 Å². The van der Waals surface area contributed by atoms with E-state index in [0.717, 1.165) is 39.2 Å². The first-order valence-electron chi connectivity index (χ1n) is 13.4. The molecule has 5 aromatic rings. The third-order valence-corrected chi connectivity index (χ3v) is 7.79. The highest BCUT2D eigenvalue weighted by molar-refractivity contribution is 5.97. The summed E-state index contributed by atoms with van der Waals surface area (Å²) in [6.45, 7) is 0. The predicted molar refractivity (Wildman–Crippen MR) is 157 cm³/mol. The van der Waals surface area contributed by atoms with E-state index in [2.05, 4.69) is 59.9 Å². The normalized spacial score (nSPS) is 16.5. The summed E-state index contributed by atoms with van der Waals surface area (Å²) in [6.07, 6.45) is 0. The maximum absolute atomic E-state index is 13.3. The molecule has 0 saturated heterocycles. The lowest BCUT2D eigenvalue weighted by atomic mass is 9.77. The van der Waals surface area contributed by atoms with Crippen LogP contribution in [-0.2, 0) is 10.3 Å². The SMILES string of the molecule is CN(C)c1ccc2c(c1)Oc1ccc(NC(c3ccccc3)c3ccccc3)cc1C21OC(=O)c2ccccc21. The van der Waals surface area contributed by atoms with Crippen LogP contribution in [0.1, 0.15) is 44.2 Å². The highest BCUT2D eigenvalue weighted by atomic mass is 16.6.